The molecule has 0 aliphatic carbocycles. The average Bonchev–Trinajstić information content (AvgIpc) is 3.17. The van der Waals surface area contributed by atoms with Gasteiger partial charge in [0, 0.05) is 43.4 Å². The Labute approximate surface area is 200 Å². The van der Waals surface area contributed by atoms with E-state index in [-0.39, 0.29) is 11.0 Å². The second-order valence-electron chi connectivity index (χ2n) is 10.0. The smallest absolute Gasteiger partial charge is 0.265 e. The number of morpholine rings is 1. The quantitative estimate of drug-likeness (QED) is 0.438. The van der Waals surface area contributed by atoms with Crippen LogP contribution in [-0.2, 0) is 16.7 Å². The molecule has 4 aromatic rings. The number of para-hydroxylation sites is 1. The SMILES string of the molecule is COc1cccc2c3c(=O)n(-c4ccc(C(C)(C)C)cc4)ccc3n(CCN3CCOCC3)c12. The largest absolute Gasteiger partial charge is 0.495 e. The summed E-state index contributed by atoms with van der Waals surface area (Å²) in [5.41, 5.74) is 4.10. The first kappa shape index (κ1) is 22.7. The van der Waals surface area contributed by atoms with Gasteiger partial charge >= 0.3 is 0 Å². The van der Waals surface area contributed by atoms with Crippen LogP contribution in [0.2, 0.25) is 0 Å². The summed E-state index contributed by atoms with van der Waals surface area (Å²) in [6.07, 6.45) is 1.90. The van der Waals surface area contributed by atoms with Gasteiger partial charge in [0.1, 0.15) is 5.75 Å². The number of pyridine rings is 1. The Morgan fingerprint density at radius 2 is 1.71 bits per heavy atom. The van der Waals surface area contributed by atoms with Crippen LogP contribution in [0.3, 0.4) is 0 Å². The van der Waals surface area contributed by atoms with Gasteiger partial charge in [-0.3, -0.25) is 14.3 Å². The summed E-state index contributed by atoms with van der Waals surface area (Å²) in [5, 5.41) is 1.67. The van der Waals surface area contributed by atoms with Crippen LogP contribution < -0.4 is 10.3 Å². The van der Waals surface area contributed by atoms with Crippen molar-refractivity contribution in [1.82, 2.24) is 14.0 Å². The minimum Gasteiger partial charge on any atom is -0.495 e. The third kappa shape index (κ3) is 4.01. The summed E-state index contributed by atoms with van der Waals surface area (Å²) in [5.74, 6) is 0.788. The average molecular weight is 460 g/mol. The fourth-order valence-electron chi connectivity index (χ4n) is 4.92. The number of benzene rings is 2. The Bertz CT molecular complexity index is 1370. The second kappa shape index (κ2) is 8.93. The number of methoxy groups -OCH3 is 1. The monoisotopic (exact) mass is 459 g/mol. The molecule has 0 unspecified atom stereocenters. The summed E-state index contributed by atoms with van der Waals surface area (Å²) in [6.45, 7) is 11.7. The van der Waals surface area contributed by atoms with Crippen LogP contribution >= 0.6 is 0 Å². The highest BCUT2D eigenvalue weighted by Crippen LogP contribution is 2.33. The Morgan fingerprint density at radius 1 is 0.971 bits per heavy atom. The molecule has 1 fully saturated rings. The van der Waals surface area contributed by atoms with E-state index < -0.39 is 0 Å². The van der Waals surface area contributed by atoms with E-state index in [1.54, 1.807) is 11.7 Å². The number of ether oxygens (including phenoxy) is 2. The zero-order valence-corrected chi connectivity index (χ0v) is 20.5. The molecule has 6 heteroatoms. The number of rotatable bonds is 5. The van der Waals surface area contributed by atoms with E-state index in [9.17, 15) is 4.79 Å². The minimum atomic E-state index is -0.00983. The lowest BCUT2D eigenvalue weighted by molar-refractivity contribution is 0.0366. The topological polar surface area (TPSA) is 48.6 Å². The standard InChI is InChI=1S/C28H33N3O3/c1-28(2,3)20-8-10-21(11-9-20)30-13-12-23-25(27(30)32)22-6-5-7-24(33-4)26(22)31(23)15-14-29-16-18-34-19-17-29/h5-13H,14-19H2,1-4H3. The lowest BCUT2D eigenvalue weighted by atomic mass is 9.87. The van der Waals surface area contributed by atoms with Gasteiger partial charge in [0.2, 0.25) is 0 Å². The van der Waals surface area contributed by atoms with Gasteiger partial charge in [0.25, 0.3) is 5.56 Å². The van der Waals surface area contributed by atoms with Crippen molar-refractivity contribution in [3.63, 3.8) is 0 Å². The molecule has 2 aromatic heterocycles. The van der Waals surface area contributed by atoms with Crippen molar-refractivity contribution in [3.05, 3.63) is 70.6 Å². The summed E-state index contributed by atoms with van der Waals surface area (Å²) in [6, 6.07) is 16.3. The molecule has 0 atom stereocenters. The highest BCUT2D eigenvalue weighted by Gasteiger charge is 2.20. The zero-order chi connectivity index (χ0) is 23.9. The summed E-state index contributed by atoms with van der Waals surface area (Å²) >= 11 is 0. The number of hydrogen-bond donors (Lipinski definition) is 0. The fourth-order valence-corrected chi connectivity index (χ4v) is 4.92. The highest BCUT2D eigenvalue weighted by molar-refractivity contribution is 6.09. The maximum atomic E-state index is 13.8. The molecule has 5 rings (SSSR count). The van der Waals surface area contributed by atoms with E-state index >= 15 is 0 Å². The van der Waals surface area contributed by atoms with Crippen molar-refractivity contribution in [3.8, 4) is 11.4 Å². The van der Waals surface area contributed by atoms with E-state index in [0.717, 1.165) is 72.6 Å². The maximum absolute atomic E-state index is 13.8. The number of aromatic nitrogens is 2. The third-order valence-electron chi connectivity index (χ3n) is 6.87. The molecule has 0 radical (unpaired) electrons. The molecule has 0 bridgehead atoms. The highest BCUT2D eigenvalue weighted by atomic mass is 16.5. The molecule has 6 nitrogen and oxygen atoms in total. The van der Waals surface area contributed by atoms with Gasteiger partial charge in [-0.1, -0.05) is 45.0 Å². The molecule has 178 valence electrons. The predicted octanol–water partition coefficient (Wildman–Crippen LogP) is 4.58. The van der Waals surface area contributed by atoms with Crippen LogP contribution in [-0.4, -0.2) is 54.0 Å². The number of hydrogen-bond acceptors (Lipinski definition) is 4. The molecule has 34 heavy (non-hydrogen) atoms. The second-order valence-corrected chi connectivity index (χ2v) is 10.0. The van der Waals surface area contributed by atoms with Crippen molar-refractivity contribution in [2.24, 2.45) is 0 Å². The van der Waals surface area contributed by atoms with Crippen molar-refractivity contribution >= 4 is 21.8 Å². The summed E-state index contributed by atoms with van der Waals surface area (Å²) in [7, 11) is 1.69. The lowest BCUT2D eigenvalue weighted by Crippen LogP contribution is -2.38. The van der Waals surface area contributed by atoms with Crippen LogP contribution in [0.5, 0.6) is 5.75 Å². The van der Waals surface area contributed by atoms with E-state index in [1.807, 2.05) is 36.5 Å². The molecule has 3 heterocycles. The van der Waals surface area contributed by atoms with Crippen molar-refractivity contribution in [2.75, 3.05) is 40.0 Å². The first-order valence-corrected chi connectivity index (χ1v) is 12.0. The van der Waals surface area contributed by atoms with Gasteiger partial charge in [-0.2, -0.15) is 0 Å². The number of nitrogens with zero attached hydrogens (tertiary/aromatic N) is 3. The van der Waals surface area contributed by atoms with Gasteiger partial charge in [0.05, 0.1) is 36.7 Å². The molecular weight excluding hydrogens is 426 g/mol. The molecule has 0 amide bonds. The fraction of sp³-hybridized carbons (Fsp3) is 0.393. The van der Waals surface area contributed by atoms with Gasteiger partial charge in [0.15, 0.2) is 0 Å². The molecule has 0 N–H and O–H groups in total. The number of fused-ring (bicyclic) bond motifs is 3. The Kier molecular flexibility index (Phi) is 5.96. The van der Waals surface area contributed by atoms with Gasteiger partial charge in [-0.05, 0) is 35.2 Å². The van der Waals surface area contributed by atoms with Gasteiger partial charge in [-0.25, -0.2) is 0 Å². The van der Waals surface area contributed by atoms with Crippen LogP contribution in [0.15, 0.2) is 59.5 Å². The van der Waals surface area contributed by atoms with Gasteiger partial charge < -0.3 is 14.0 Å². The zero-order valence-electron chi connectivity index (χ0n) is 20.5. The Balaban J connectivity index is 1.64. The first-order valence-electron chi connectivity index (χ1n) is 12.0. The molecule has 1 aliphatic heterocycles. The molecule has 1 saturated heterocycles. The van der Waals surface area contributed by atoms with E-state index in [2.05, 4.69) is 48.4 Å². The van der Waals surface area contributed by atoms with Crippen molar-refractivity contribution in [1.29, 1.82) is 0 Å². The summed E-state index contributed by atoms with van der Waals surface area (Å²) < 4.78 is 15.2. The third-order valence-corrected chi connectivity index (χ3v) is 6.87. The van der Waals surface area contributed by atoms with Crippen molar-refractivity contribution in [2.45, 2.75) is 32.7 Å². The van der Waals surface area contributed by atoms with E-state index in [4.69, 9.17) is 9.47 Å². The summed E-state index contributed by atoms with van der Waals surface area (Å²) in [4.78, 5) is 16.2. The molecule has 2 aromatic carbocycles. The molecule has 0 spiro atoms. The van der Waals surface area contributed by atoms with Crippen LogP contribution in [0, 0.1) is 0 Å². The Hall–Kier alpha value is -3.09. The van der Waals surface area contributed by atoms with Crippen LogP contribution in [0.25, 0.3) is 27.5 Å². The maximum Gasteiger partial charge on any atom is 0.265 e. The minimum absolute atomic E-state index is 0.00983. The molecular formula is C28H33N3O3. The molecule has 0 saturated carbocycles. The van der Waals surface area contributed by atoms with E-state index in [1.165, 1.54) is 5.56 Å². The first-order chi connectivity index (χ1) is 16.4. The molecule has 1 aliphatic rings. The predicted molar refractivity (Wildman–Crippen MR) is 138 cm³/mol. The Morgan fingerprint density at radius 3 is 2.38 bits per heavy atom. The lowest BCUT2D eigenvalue weighted by Gasteiger charge is -2.27. The van der Waals surface area contributed by atoms with Crippen molar-refractivity contribution < 1.29 is 9.47 Å². The normalized spacial score (nSPS) is 15.3. The van der Waals surface area contributed by atoms with Gasteiger partial charge in [-0.15, -0.1) is 0 Å². The van der Waals surface area contributed by atoms with E-state index in [0.29, 0.717) is 0 Å². The van der Waals surface area contributed by atoms with Crippen LogP contribution in [0.4, 0.5) is 0 Å². The van der Waals surface area contributed by atoms with Crippen LogP contribution in [0.1, 0.15) is 26.3 Å².